The Morgan fingerprint density at radius 1 is 1.35 bits per heavy atom. The number of aliphatic hydroxyl groups is 1. The van der Waals surface area contributed by atoms with Crippen LogP contribution in [0.5, 0.6) is 0 Å². The van der Waals surface area contributed by atoms with Gasteiger partial charge in [0.1, 0.15) is 5.69 Å². The van der Waals surface area contributed by atoms with Crippen LogP contribution in [0.15, 0.2) is 29.6 Å². The van der Waals surface area contributed by atoms with Gasteiger partial charge in [0.05, 0.1) is 11.1 Å². The summed E-state index contributed by atoms with van der Waals surface area (Å²) < 4.78 is 0. The molecule has 1 aromatic heterocycles. The van der Waals surface area contributed by atoms with E-state index in [2.05, 4.69) is 4.98 Å². The number of carbonyl (C=O) groups excluding carboxylic acids is 1. The molecule has 26 heavy (non-hydrogen) atoms. The van der Waals surface area contributed by atoms with Crippen LogP contribution in [0.3, 0.4) is 0 Å². The average molecular weight is 416 g/mol. The second-order valence-corrected chi connectivity index (χ2v) is 7.67. The van der Waals surface area contributed by atoms with Gasteiger partial charge in [-0.2, -0.15) is 0 Å². The van der Waals surface area contributed by atoms with E-state index in [0.29, 0.717) is 36.8 Å². The van der Waals surface area contributed by atoms with Gasteiger partial charge in [-0.05, 0) is 43.0 Å². The van der Waals surface area contributed by atoms with Gasteiger partial charge in [0.25, 0.3) is 5.91 Å². The number of aliphatic hydroxyl groups excluding tert-OH is 1. The molecule has 8 heteroatoms. The number of carbonyl (C=O) groups is 1. The zero-order valence-corrected chi connectivity index (χ0v) is 16.7. The van der Waals surface area contributed by atoms with Gasteiger partial charge in [0, 0.05) is 29.9 Å². The molecule has 1 fully saturated rings. The van der Waals surface area contributed by atoms with Crippen molar-refractivity contribution in [3.05, 3.63) is 50.9 Å². The normalized spacial score (nSPS) is 16.2. The molecule has 1 aliphatic rings. The largest absolute Gasteiger partial charge is 0.388 e. The van der Waals surface area contributed by atoms with Gasteiger partial charge < -0.3 is 15.7 Å². The van der Waals surface area contributed by atoms with Crippen molar-refractivity contribution >= 4 is 41.3 Å². The van der Waals surface area contributed by atoms with Gasteiger partial charge in [-0.1, -0.05) is 23.7 Å². The maximum atomic E-state index is 12.6. The minimum absolute atomic E-state index is 0. The van der Waals surface area contributed by atoms with E-state index in [1.807, 2.05) is 22.4 Å². The van der Waals surface area contributed by atoms with Crippen LogP contribution in [-0.2, 0) is 6.42 Å². The maximum absolute atomic E-state index is 12.6. The fourth-order valence-electron chi connectivity index (χ4n) is 3.16. The summed E-state index contributed by atoms with van der Waals surface area (Å²) in [5.41, 5.74) is 6.91. The summed E-state index contributed by atoms with van der Waals surface area (Å²) in [6.45, 7) is 1.81. The number of nitrogens with two attached hydrogens (primary N) is 1. The molecule has 0 radical (unpaired) electrons. The Hall–Kier alpha value is -1.18. The minimum atomic E-state index is -0.523. The minimum Gasteiger partial charge on any atom is -0.388 e. The number of amides is 1. The van der Waals surface area contributed by atoms with Crippen molar-refractivity contribution in [3.63, 3.8) is 0 Å². The Bertz CT molecular complexity index is 715. The monoisotopic (exact) mass is 415 g/mol. The molecule has 0 saturated carbocycles. The molecule has 3 rings (SSSR count). The van der Waals surface area contributed by atoms with Crippen LogP contribution in [0.25, 0.3) is 0 Å². The predicted molar refractivity (Wildman–Crippen MR) is 107 cm³/mol. The van der Waals surface area contributed by atoms with E-state index >= 15 is 0 Å². The average Bonchev–Trinajstić information content (AvgIpc) is 3.10. The summed E-state index contributed by atoms with van der Waals surface area (Å²) in [5, 5.41) is 13.9. The van der Waals surface area contributed by atoms with Crippen molar-refractivity contribution in [3.8, 4) is 0 Å². The molecule has 1 saturated heterocycles. The van der Waals surface area contributed by atoms with Crippen molar-refractivity contribution in [2.75, 3.05) is 19.6 Å². The van der Waals surface area contributed by atoms with Crippen LogP contribution in [-0.4, -0.2) is 40.5 Å². The zero-order chi connectivity index (χ0) is 17.8. The van der Waals surface area contributed by atoms with Crippen molar-refractivity contribution in [1.82, 2.24) is 9.88 Å². The Labute approximate surface area is 168 Å². The summed E-state index contributed by atoms with van der Waals surface area (Å²) in [7, 11) is 0. The lowest BCUT2D eigenvalue weighted by molar-refractivity contribution is 0.0459. The van der Waals surface area contributed by atoms with Crippen molar-refractivity contribution < 1.29 is 9.90 Å². The van der Waals surface area contributed by atoms with Crippen LogP contribution in [0.4, 0.5) is 0 Å². The summed E-state index contributed by atoms with van der Waals surface area (Å²) in [4.78, 5) is 18.8. The topological polar surface area (TPSA) is 79.5 Å². The van der Waals surface area contributed by atoms with E-state index in [4.69, 9.17) is 17.3 Å². The first-order valence-corrected chi connectivity index (χ1v) is 9.71. The van der Waals surface area contributed by atoms with Gasteiger partial charge >= 0.3 is 0 Å². The van der Waals surface area contributed by atoms with E-state index in [-0.39, 0.29) is 24.2 Å². The Balaban J connectivity index is 0.00000243. The summed E-state index contributed by atoms with van der Waals surface area (Å²) in [6, 6.07) is 7.30. The maximum Gasteiger partial charge on any atom is 0.273 e. The third-order valence-electron chi connectivity index (χ3n) is 4.61. The lowest BCUT2D eigenvalue weighted by Gasteiger charge is -2.34. The molecule has 1 atom stereocenters. The first-order chi connectivity index (χ1) is 12.1. The summed E-state index contributed by atoms with van der Waals surface area (Å²) >= 11 is 7.38. The molecule has 5 nitrogen and oxygen atoms in total. The fraction of sp³-hybridized carbons (Fsp3) is 0.444. The number of piperidine rings is 1. The number of benzene rings is 1. The number of nitrogens with zero attached hydrogens (tertiary/aromatic N) is 2. The Morgan fingerprint density at radius 3 is 2.62 bits per heavy atom. The van der Waals surface area contributed by atoms with Gasteiger partial charge in [-0.15, -0.1) is 23.7 Å². The number of halogens is 2. The molecule has 2 heterocycles. The van der Waals surface area contributed by atoms with E-state index in [1.165, 1.54) is 11.3 Å². The number of hydrogen-bond donors (Lipinski definition) is 2. The molecule has 142 valence electrons. The number of rotatable bonds is 5. The molecule has 1 unspecified atom stereocenters. The molecular weight excluding hydrogens is 393 g/mol. The smallest absolute Gasteiger partial charge is 0.273 e. The zero-order valence-electron chi connectivity index (χ0n) is 14.3. The van der Waals surface area contributed by atoms with Crippen LogP contribution >= 0.6 is 35.3 Å². The molecule has 1 amide bonds. The lowest BCUT2D eigenvalue weighted by Crippen LogP contribution is -2.40. The van der Waals surface area contributed by atoms with Crippen LogP contribution in [0.1, 0.15) is 40.0 Å². The highest BCUT2D eigenvalue weighted by molar-refractivity contribution is 7.09. The molecule has 0 aliphatic carbocycles. The van der Waals surface area contributed by atoms with Gasteiger partial charge in [-0.3, -0.25) is 4.79 Å². The highest BCUT2D eigenvalue weighted by Crippen LogP contribution is 2.31. The molecule has 3 N–H and O–H groups in total. The van der Waals surface area contributed by atoms with E-state index in [1.54, 1.807) is 12.1 Å². The Morgan fingerprint density at radius 2 is 2.00 bits per heavy atom. The molecule has 0 bridgehead atoms. The van der Waals surface area contributed by atoms with Crippen LogP contribution in [0.2, 0.25) is 5.02 Å². The predicted octanol–water partition coefficient (Wildman–Crippen LogP) is 3.31. The Kier molecular flexibility index (Phi) is 7.85. The molecule has 0 spiro atoms. The SMILES string of the molecule is Cl.NCCc1nc(C(=O)N2CCC(C(O)c3ccc(Cl)cc3)CC2)cs1. The van der Waals surface area contributed by atoms with Gasteiger partial charge in [0.2, 0.25) is 0 Å². The number of likely N-dealkylation sites (tertiary alicyclic amines) is 1. The molecule has 1 aromatic carbocycles. The van der Waals surface area contributed by atoms with Crippen molar-refractivity contribution in [1.29, 1.82) is 0 Å². The first kappa shape index (κ1) is 21.1. The van der Waals surface area contributed by atoms with Crippen LogP contribution < -0.4 is 5.73 Å². The van der Waals surface area contributed by atoms with E-state index in [0.717, 1.165) is 23.4 Å². The van der Waals surface area contributed by atoms with E-state index in [9.17, 15) is 9.90 Å². The second kappa shape index (κ2) is 9.67. The summed E-state index contributed by atoms with van der Waals surface area (Å²) in [5.74, 6) is 0.118. The molecular formula is C18H23Cl2N3O2S. The van der Waals surface area contributed by atoms with Gasteiger partial charge in [0.15, 0.2) is 0 Å². The van der Waals surface area contributed by atoms with Crippen molar-refractivity contribution in [2.24, 2.45) is 11.7 Å². The third-order valence-corrected chi connectivity index (χ3v) is 5.77. The summed E-state index contributed by atoms with van der Waals surface area (Å²) in [6.07, 6.45) is 1.72. The highest BCUT2D eigenvalue weighted by Gasteiger charge is 2.29. The highest BCUT2D eigenvalue weighted by atomic mass is 35.5. The third kappa shape index (κ3) is 4.96. The molecule has 1 aliphatic heterocycles. The van der Waals surface area contributed by atoms with Crippen molar-refractivity contribution in [2.45, 2.75) is 25.4 Å². The first-order valence-electron chi connectivity index (χ1n) is 8.45. The molecule has 2 aromatic rings. The van der Waals surface area contributed by atoms with E-state index < -0.39 is 6.10 Å². The van der Waals surface area contributed by atoms with Crippen LogP contribution in [0, 0.1) is 5.92 Å². The quantitative estimate of drug-likeness (QED) is 0.784. The lowest BCUT2D eigenvalue weighted by atomic mass is 9.87. The number of hydrogen-bond acceptors (Lipinski definition) is 5. The number of thiazole rings is 1. The van der Waals surface area contributed by atoms with Gasteiger partial charge in [-0.25, -0.2) is 4.98 Å². The second-order valence-electron chi connectivity index (χ2n) is 6.29. The number of aromatic nitrogens is 1. The standard InChI is InChI=1S/C18H22ClN3O2S.ClH/c19-14-3-1-12(2-4-14)17(23)13-6-9-22(10-7-13)18(24)15-11-25-16(21-15)5-8-20;/h1-4,11,13,17,23H,5-10,20H2;1H. The fourth-order valence-corrected chi connectivity index (χ4v) is 4.07.